The van der Waals surface area contributed by atoms with Crippen molar-refractivity contribution in [2.24, 2.45) is 0 Å². The third-order valence-electron chi connectivity index (χ3n) is 1.89. The van der Waals surface area contributed by atoms with Gasteiger partial charge in [-0.15, -0.1) is 0 Å². The van der Waals surface area contributed by atoms with Crippen LogP contribution >= 0.6 is 0 Å². The van der Waals surface area contributed by atoms with E-state index in [1.807, 2.05) is 20.8 Å². The molecule has 0 radical (unpaired) electrons. The molecule has 3 nitrogen and oxygen atoms in total. The maximum Gasteiger partial charge on any atom is 0.192 e. The molecular weight excluding hydrogens is 178 g/mol. The van der Waals surface area contributed by atoms with Crippen LogP contribution < -0.4 is 0 Å². The van der Waals surface area contributed by atoms with Crippen molar-refractivity contribution in [3.05, 3.63) is 23.6 Å². The Balaban J connectivity index is 0.000000461. The Morgan fingerprint density at radius 3 is 2.50 bits per heavy atom. The molecule has 0 unspecified atom stereocenters. The maximum atomic E-state index is 9.34. The molecule has 0 saturated heterocycles. The molecule has 2 aromatic rings. The van der Waals surface area contributed by atoms with Crippen molar-refractivity contribution in [3.8, 4) is 5.75 Å². The smallest absolute Gasteiger partial charge is 0.192 e. The lowest BCUT2D eigenvalue weighted by Crippen LogP contribution is -1.77. The van der Waals surface area contributed by atoms with Gasteiger partial charge in [-0.1, -0.05) is 13.8 Å². The van der Waals surface area contributed by atoms with E-state index in [-0.39, 0.29) is 5.75 Å². The van der Waals surface area contributed by atoms with Crippen molar-refractivity contribution >= 4 is 11.1 Å². The molecule has 2 rings (SSSR count). The minimum absolute atomic E-state index is 0.260. The van der Waals surface area contributed by atoms with Crippen LogP contribution in [0.2, 0.25) is 0 Å². The topological polar surface area (TPSA) is 46.3 Å². The molecule has 0 atom stereocenters. The molecule has 0 bridgehead atoms. The molecular formula is C11H15NO2. The number of hydrogen-bond acceptors (Lipinski definition) is 3. The molecule has 1 aromatic carbocycles. The highest BCUT2D eigenvalue weighted by Crippen LogP contribution is 2.25. The van der Waals surface area contributed by atoms with Gasteiger partial charge in [-0.3, -0.25) is 0 Å². The molecule has 1 heterocycles. The third-order valence-corrected chi connectivity index (χ3v) is 1.89. The summed E-state index contributed by atoms with van der Waals surface area (Å²) in [6.07, 6.45) is 0. The highest BCUT2D eigenvalue weighted by Gasteiger charge is 2.07. The molecule has 14 heavy (non-hydrogen) atoms. The van der Waals surface area contributed by atoms with E-state index in [0.717, 1.165) is 16.7 Å². The number of oxazole rings is 1. The SMILES string of the molecule is CC.Cc1nc2c(C)c(O)ccc2o1. The number of rotatable bonds is 0. The summed E-state index contributed by atoms with van der Waals surface area (Å²) in [5.41, 5.74) is 2.24. The standard InChI is InChI=1S/C9H9NO2.C2H6/c1-5-7(11)3-4-8-9(5)10-6(2)12-8;1-2/h3-4,11H,1-2H3;1-2H3. The predicted molar refractivity (Wildman–Crippen MR) is 56.5 cm³/mol. The Morgan fingerprint density at radius 1 is 1.21 bits per heavy atom. The van der Waals surface area contributed by atoms with Gasteiger partial charge in [-0.2, -0.15) is 0 Å². The van der Waals surface area contributed by atoms with Gasteiger partial charge >= 0.3 is 0 Å². The minimum atomic E-state index is 0.260. The Morgan fingerprint density at radius 2 is 1.86 bits per heavy atom. The molecule has 0 amide bonds. The normalized spacial score (nSPS) is 9.71. The van der Waals surface area contributed by atoms with Crippen LogP contribution in [0.15, 0.2) is 16.5 Å². The number of aromatic hydroxyl groups is 1. The lowest BCUT2D eigenvalue weighted by atomic mass is 10.2. The maximum absolute atomic E-state index is 9.34. The highest BCUT2D eigenvalue weighted by atomic mass is 16.3. The molecule has 0 aliphatic heterocycles. The lowest BCUT2D eigenvalue weighted by molar-refractivity contribution is 0.471. The second-order valence-electron chi connectivity index (χ2n) is 2.79. The van der Waals surface area contributed by atoms with Crippen molar-refractivity contribution in [2.45, 2.75) is 27.7 Å². The number of fused-ring (bicyclic) bond motifs is 1. The van der Waals surface area contributed by atoms with Crippen LogP contribution in [0.3, 0.4) is 0 Å². The fourth-order valence-corrected chi connectivity index (χ4v) is 1.23. The van der Waals surface area contributed by atoms with Crippen LogP contribution in [0.25, 0.3) is 11.1 Å². The third kappa shape index (κ3) is 1.71. The van der Waals surface area contributed by atoms with Crippen LogP contribution in [-0.2, 0) is 0 Å². The second-order valence-corrected chi connectivity index (χ2v) is 2.79. The number of hydrogen-bond donors (Lipinski definition) is 1. The van der Waals surface area contributed by atoms with Gasteiger partial charge in [0.2, 0.25) is 0 Å². The fourth-order valence-electron chi connectivity index (χ4n) is 1.23. The molecule has 1 aromatic heterocycles. The summed E-state index contributed by atoms with van der Waals surface area (Å²) >= 11 is 0. The van der Waals surface area contributed by atoms with Gasteiger partial charge in [-0.25, -0.2) is 4.98 Å². The van der Waals surface area contributed by atoms with Gasteiger partial charge in [0.15, 0.2) is 11.5 Å². The van der Waals surface area contributed by atoms with Gasteiger partial charge in [-0.05, 0) is 19.1 Å². The number of nitrogens with zero attached hydrogens (tertiary/aromatic N) is 1. The zero-order chi connectivity index (χ0) is 10.7. The van der Waals surface area contributed by atoms with Gasteiger partial charge in [0.25, 0.3) is 0 Å². The summed E-state index contributed by atoms with van der Waals surface area (Å²) in [5.74, 6) is 0.884. The molecule has 0 aliphatic rings. The monoisotopic (exact) mass is 193 g/mol. The van der Waals surface area contributed by atoms with Crippen molar-refractivity contribution < 1.29 is 9.52 Å². The predicted octanol–water partition coefficient (Wildman–Crippen LogP) is 3.18. The molecule has 0 aliphatic carbocycles. The van der Waals surface area contributed by atoms with Gasteiger partial charge in [0.1, 0.15) is 11.3 Å². The number of phenolic OH excluding ortho intramolecular Hbond substituents is 1. The van der Waals surface area contributed by atoms with Crippen LogP contribution in [0, 0.1) is 13.8 Å². The average Bonchev–Trinajstić information content (AvgIpc) is 2.57. The van der Waals surface area contributed by atoms with E-state index in [0.29, 0.717) is 5.89 Å². The summed E-state index contributed by atoms with van der Waals surface area (Å²) < 4.78 is 5.28. The second kappa shape index (κ2) is 4.13. The van der Waals surface area contributed by atoms with Crippen molar-refractivity contribution in [3.63, 3.8) is 0 Å². The summed E-state index contributed by atoms with van der Waals surface area (Å²) in [5, 5.41) is 9.34. The average molecular weight is 193 g/mol. The lowest BCUT2D eigenvalue weighted by Gasteiger charge is -1.95. The van der Waals surface area contributed by atoms with E-state index < -0.39 is 0 Å². The Bertz CT molecular complexity index is 432. The van der Waals surface area contributed by atoms with E-state index in [1.165, 1.54) is 0 Å². The first-order valence-electron chi connectivity index (χ1n) is 4.74. The van der Waals surface area contributed by atoms with Gasteiger partial charge < -0.3 is 9.52 Å². The number of benzene rings is 1. The first-order chi connectivity index (χ1) is 6.68. The molecule has 3 heteroatoms. The Hall–Kier alpha value is -1.51. The molecule has 0 saturated carbocycles. The van der Waals surface area contributed by atoms with E-state index in [9.17, 15) is 5.11 Å². The number of aryl methyl sites for hydroxylation is 2. The molecule has 0 fully saturated rings. The summed E-state index contributed by atoms with van der Waals surface area (Å²) in [6, 6.07) is 3.33. The van der Waals surface area contributed by atoms with Crippen LogP contribution in [0.4, 0.5) is 0 Å². The zero-order valence-electron chi connectivity index (χ0n) is 8.96. The van der Waals surface area contributed by atoms with Gasteiger partial charge in [0, 0.05) is 12.5 Å². The van der Waals surface area contributed by atoms with Crippen LogP contribution in [0.5, 0.6) is 5.75 Å². The number of phenols is 1. The van der Waals surface area contributed by atoms with Gasteiger partial charge in [0.05, 0.1) is 0 Å². The van der Waals surface area contributed by atoms with Crippen molar-refractivity contribution in [1.82, 2.24) is 4.98 Å². The highest BCUT2D eigenvalue weighted by molar-refractivity contribution is 5.78. The largest absolute Gasteiger partial charge is 0.508 e. The first-order valence-corrected chi connectivity index (χ1v) is 4.74. The molecule has 1 N–H and O–H groups in total. The fraction of sp³-hybridized carbons (Fsp3) is 0.364. The molecule has 76 valence electrons. The van der Waals surface area contributed by atoms with E-state index >= 15 is 0 Å². The zero-order valence-corrected chi connectivity index (χ0v) is 8.96. The quantitative estimate of drug-likeness (QED) is 0.699. The molecule has 0 spiro atoms. The Labute approximate surface area is 83.4 Å². The van der Waals surface area contributed by atoms with Crippen LogP contribution in [0.1, 0.15) is 25.3 Å². The summed E-state index contributed by atoms with van der Waals surface area (Å²) in [4.78, 5) is 4.15. The van der Waals surface area contributed by atoms with Crippen molar-refractivity contribution in [1.29, 1.82) is 0 Å². The minimum Gasteiger partial charge on any atom is -0.508 e. The first kappa shape index (κ1) is 10.6. The van der Waals surface area contributed by atoms with Crippen LogP contribution in [-0.4, -0.2) is 10.1 Å². The number of aromatic nitrogens is 1. The summed E-state index contributed by atoms with van der Waals surface area (Å²) in [7, 11) is 0. The van der Waals surface area contributed by atoms with Crippen molar-refractivity contribution in [2.75, 3.05) is 0 Å². The summed E-state index contributed by atoms with van der Waals surface area (Å²) in [6.45, 7) is 7.61. The van der Waals surface area contributed by atoms with E-state index in [4.69, 9.17) is 4.42 Å². The Kier molecular flexibility index (Phi) is 3.12. The van der Waals surface area contributed by atoms with E-state index in [1.54, 1.807) is 19.1 Å². The van der Waals surface area contributed by atoms with E-state index in [2.05, 4.69) is 4.98 Å².